The molecule has 8 heteroatoms. The molecule has 0 spiro atoms. The zero-order valence-electron chi connectivity index (χ0n) is 15.7. The van der Waals surface area contributed by atoms with Gasteiger partial charge >= 0.3 is 12.6 Å². The third-order valence-electron chi connectivity index (χ3n) is 3.65. The number of halogens is 2. The molecule has 0 aromatic heterocycles. The maximum atomic E-state index is 12.4. The van der Waals surface area contributed by atoms with Crippen LogP contribution in [0.3, 0.4) is 0 Å². The molecule has 6 nitrogen and oxygen atoms in total. The number of ether oxygens (including phenoxy) is 1. The Morgan fingerprint density at radius 3 is 2.18 bits per heavy atom. The number of carbonyl (C=O) groups is 2. The van der Waals surface area contributed by atoms with Gasteiger partial charge < -0.3 is 20.7 Å². The quantitative estimate of drug-likeness (QED) is 0.616. The lowest BCUT2D eigenvalue weighted by Gasteiger charge is -2.12. The van der Waals surface area contributed by atoms with Gasteiger partial charge in [0, 0.05) is 29.9 Å². The van der Waals surface area contributed by atoms with Crippen molar-refractivity contribution in [2.45, 2.75) is 33.4 Å². The van der Waals surface area contributed by atoms with Crippen molar-refractivity contribution in [2.24, 2.45) is 5.92 Å². The number of nitrogens with one attached hydrogen (secondary N) is 3. The first-order valence-electron chi connectivity index (χ1n) is 8.81. The maximum absolute atomic E-state index is 12.4. The van der Waals surface area contributed by atoms with Crippen molar-refractivity contribution < 1.29 is 23.1 Å². The van der Waals surface area contributed by atoms with E-state index < -0.39 is 12.6 Å². The van der Waals surface area contributed by atoms with E-state index in [9.17, 15) is 18.4 Å². The summed E-state index contributed by atoms with van der Waals surface area (Å²) in [7, 11) is 0. The molecule has 0 fully saturated rings. The Hall–Kier alpha value is -3.16. The van der Waals surface area contributed by atoms with Crippen LogP contribution in [0.25, 0.3) is 0 Å². The molecule has 0 saturated carbocycles. The van der Waals surface area contributed by atoms with Crippen LogP contribution in [0, 0.1) is 5.92 Å². The van der Waals surface area contributed by atoms with Gasteiger partial charge in [-0.15, -0.1) is 0 Å². The number of urea groups is 1. The molecule has 0 saturated heterocycles. The number of carbonyl (C=O) groups excluding carboxylic acids is 2. The summed E-state index contributed by atoms with van der Waals surface area (Å²) in [6.07, 6.45) is 0.430. The second-order valence-corrected chi connectivity index (χ2v) is 6.52. The zero-order chi connectivity index (χ0) is 20.5. The second kappa shape index (κ2) is 10.2. The molecule has 2 aromatic rings. The lowest BCUT2D eigenvalue weighted by Crippen LogP contribution is -2.28. The fourth-order valence-corrected chi connectivity index (χ4v) is 2.43. The third kappa shape index (κ3) is 7.22. The largest absolute Gasteiger partial charge is 0.434 e. The molecule has 28 heavy (non-hydrogen) atoms. The standard InChI is InChI=1S/C20H23F2N3O3/c1-13(2)11-18(26)24-15-7-9-16(10-8-15)25-20(27)23-12-14-5-3-4-6-17(14)28-19(21)22/h3-10,13,19H,11-12H2,1-2H3,(H,24,26)(H2,23,25,27). The summed E-state index contributed by atoms with van der Waals surface area (Å²) in [6, 6.07) is 12.4. The fourth-order valence-electron chi connectivity index (χ4n) is 2.43. The summed E-state index contributed by atoms with van der Waals surface area (Å²) < 4.78 is 29.3. The Balaban J connectivity index is 1.86. The van der Waals surface area contributed by atoms with Gasteiger partial charge in [-0.3, -0.25) is 4.79 Å². The Bertz CT molecular complexity index is 796. The number of alkyl halides is 2. The number of benzene rings is 2. The predicted molar refractivity (Wildman–Crippen MR) is 103 cm³/mol. The Kier molecular flexibility index (Phi) is 7.74. The average molecular weight is 391 g/mol. The van der Waals surface area contributed by atoms with Crippen molar-refractivity contribution in [3.05, 3.63) is 54.1 Å². The molecule has 0 aliphatic carbocycles. The monoisotopic (exact) mass is 391 g/mol. The minimum absolute atomic E-state index is 0.0132. The van der Waals surface area contributed by atoms with Gasteiger partial charge in [-0.25, -0.2) is 4.79 Å². The van der Waals surface area contributed by atoms with Crippen LogP contribution in [0.1, 0.15) is 25.8 Å². The highest BCUT2D eigenvalue weighted by Crippen LogP contribution is 2.20. The van der Waals surface area contributed by atoms with Gasteiger partial charge in [0.25, 0.3) is 0 Å². The molecular formula is C20H23F2N3O3. The maximum Gasteiger partial charge on any atom is 0.387 e. The van der Waals surface area contributed by atoms with Crippen molar-refractivity contribution in [2.75, 3.05) is 10.6 Å². The van der Waals surface area contributed by atoms with Gasteiger partial charge in [0.1, 0.15) is 5.75 Å². The van der Waals surface area contributed by atoms with Crippen LogP contribution in [-0.4, -0.2) is 18.5 Å². The minimum atomic E-state index is -2.94. The number of hydrogen-bond donors (Lipinski definition) is 3. The van der Waals surface area contributed by atoms with E-state index >= 15 is 0 Å². The number of hydrogen-bond acceptors (Lipinski definition) is 3. The van der Waals surface area contributed by atoms with Crippen LogP contribution in [0.5, 0.6) is 5.75 Å². The van der Waals surface area contributed by atoms with Gasteiger partial charge in [-0.1, -0.05) is 32.0 Å². The Morgan fingerprint density at radius 1 is 0.964 bits per heavy atom. The molecule has 2 rings (SSSR count). The van der Waals surface area contributed by atoms with Crippen LogP contribution < -0.4 is 20.7 Å². The molecule has 0 radical (unpaired) electrons. The molecular weight excluding hydrogens is 368 g/mol. The molecule has 0 aliphatic rings. The van der Waals surface area contributed by atoms with E-state index in [0.29, 0.717) is 23.4 Å². The SMILES string of the molecule is CC(C)CC(=O)Nc1ccc(NC(=O)NCc2ccccc2OC(F)F)cc1. The Morgan fingerprint density at radius 2 is 1.57 bits per heavy atom. The summed E-state index contributed by atoms with van der Waals surface area (Å²) >= 11 is 0. The van der Waals surface area contributed by atoms with Crippen molar-refractivity contribution >= 4 is 23.3 Å². The van der Waals surface area contributed by atoms with Crippen molar-refractivity contribution in [1.29, 1.82) is 0 Å². The van der Waals surface area contributed by atoms with Crippen molar-refractivity contribution in [1.82, 2.24) is 5.32 Å². The van der Waals surface area contributed by atoms with Gasteiger partial charge in [0.05, 0.1) is 0 Å². The highest BCUT2D eigenvalue weighted by molar-refractivity contribution is 5.92. The smallest absolute Gasteiger partial charge is 0.387 e. The molecule has 2 aromatic carbocycles. The normalized spacial score (nSPS) is 10.6. The van der Waals surface area contributed by atoms with Crippen LogP contribution in [0.15, 0.2) is 48.5 Å². The number of para-hydroxylation sites is 1. The molecule has 0 heterocycles. The first-order chi connectivity index (χ1) is 13.3. The van der Waals surface area contributed by atoms with Crippen LogP contribution in [-0.2, 0) is 11.3 Å². The van der Waals surface area contributed by atoms with Gasteiger partial charge in [-0.2, -0.15) is 8.78 Å². The van der Waals surface area contributed by atoms with Gasteiger partial charge in [0.15, 0.2) is 0 Å². The van der Waals surface area contributed by atoms with Crippen LogP contribution in [0.2, 0.25) is 0 Å². The minimum Gasteiger partial charge on any atom is -0.434 e. The fraction of sp³-hybridized carbons (Fsp3) is 0.300. The van der Waals surface area contributed by atoms with E-state index in [1.165, 1.54) is 6.07 Å². The molecule has 0 aliphatic heterocycles. The average Bonchev–Trinajstić information content (AvgIpc) is 2.61. The van der Waals surface area contributed by atoms with Crippen molar-refractivity contribution in [3.63, 3.8) is 0 Å². The second-order valence-electron chi connectivity index (χ2n) is 6.52. The van der Waals surface area contributed by atoms with E-state index in [4.69, 9.17) is 0 Å². The van der Waals surface area contributed by atoms with E-state index in [-0.39, 0.29) is 24.1 Å². The lowest BCUT2D eigenvalue weighted by molar-refractivity contribution is -0.116. The summed E-state index contributed by atoms with van der Waals surface area (Å²) in [6.45, 7) is 1.01. The first kappa shape index (κ1) is 21.1. The molecule has 150 valence electrons. The van der Waals surface area contributed by atoms with E-state index in [1.807, 2.05) is 13.8 Å². The highest BCUT2D eigenvalue weighted by Gasteiger charge is 2.10. The van der Waals surface area contributed by atoms with E-state index in [0.717, 1.165) is 0 Å². The predicted octanol–water partition coefficient (Wildman–Crippen LogP) is 4.59. The van der Waals surface area contributed by atoms with Crippen LogP contribution in [0.4, 0.5) is 25.0 Å². The topological polar surface area (TPSA) is 79.5 Å². The molecule has 0 unspecified atom stereocenters. The molecule has 3 N–H and O–H groups in total. The first-order valence-corrected chi connectivity index (χ1v) is 8.81. The lowest BCUT2D eigenvalue weighted by atomic mass is 10.1. The van der Waals surface area contributed by atoms with Gasteiger partial charge in [0.2, 0.25) is 5.91 Å². The third-order valence-corrected chi connectivity index (χ3v) is 3.65. The molecule has 0 bridgehead atoms. The zero-order valence-corrected chi connectivity index (χ0v) is 15.7. The summed E-state index contributed by atoms with van der Waals surface area (Å²) in [5.41, 5.74) is 1.59. The number of anilines is 2. The molecule has 3 amide bonds. The summed E-state index contributed by atoms with van der Waals surface area (Å²) in [4.78, 5) is 23.8. The van der Waals surface area contributed by atoms with E-state index in [1.54, 1.807) is 42.5 Å². The number of amides is 3. The van der Waals surface area contributed by atoms with Crippen molar-refractivity contribution in [3.8, 4) is 5.75 Å². The number of rotatable bonds is 8. The molecule has 0 atom stereocenters. The van der Waals surface area contributed by atoms with Crippen LogP contribution >= 0.6 is 0 Å². The Labute approximate surface area is 162 Å². The van der Waals surface area contributed by atoms with Gasteiger partial charge in [-0.05, 0) is 36.2 Å². The highest BCUT2D eigenvalue weighted by atomic mass is 19.3. The summed E-state index contributed by atoms with van der Waals surface area (Å²) in [5.74, 6) is 0.207. The van der Waals surface area contributed by atoms with E-state index in [2.05, 4.69) is 20.7 Å². The summed E-state index contributed by atoms with van der Waals surface area (Å²) in [5, 5.41) is 8.00.